The molecule has 1 spiro atoms. The molecule has 0 aromatic rings. The molecule has 0 bridgehead atoms. The number of amides is 2. The summed E-state index contributed by atoms with van der Waals surface area (Å²) in [6.07, 6.45) is 4.17. The van der Waals surface area contributed by atoms with Gasteiger partial charge in [0.1, 0.15) is 0 Å². The minimum atomic E-state index is 0.0989. The molecular weight excluding hydrogens is 266 g/mol. The summed E-state index contributed by atoms with van der Waals surface area (Å²) in [5, 5.41) is 3.44. The summed E-state index contributed by atoms with van der Waals surface area (Å²) < 4.78 is 0. The number of hydrogen-bond acceptors (Lipinski definition) is 3. The quantitative estimate of drug-likeness (QED) is 0.830. The second-order valence-electron chi connectivity index (χ2n) is 6.37. The lowest BCUT2D eigenvalue weighted by molar-refractivity contribution is -0.138. The van der Waals surface area contributed by atoms with E-state index < -0.39 is 0 Å². The maximum atomic E-state index is 12.2. The summed E-state index contributed by atoms with van der Waals surface area (Å²) in [6.45, 7) is 9.35. The van der Waals surface area contributed by atoms with Crippen molar-refractivity contribution in [3.05, 3.63) is 0 Å². The monoisotopic (exact) mass is 295 g/mol. The molecule has 2 aliphatic rings. The van der Waals surface area contributed by atoms with Crippen molar-refractivity contribution in [1.82, 2.24) is 15.1 Å². The summed E-state index contributed by atoms with van der Waals surface area (Å²) in [7, 11) is 0. The molecule has 21 heavy (non-hydrogen) atoms. The number of piperidine rings is 1. The molecule has 0 saturated carbocycles. The summed E-state index contributed by atoms with van der Waals surface area (Å²) in [6, 6.07) is 0. The van der Waals surface area contributed by atoms with Crippen molar-refractivity contribution < 1.29 is 9.59 Å². The van der Waals surface area contributed by atoms with Crippen LogP contribution >= 0.6 is 0 Å². The van der Waals surface area contributed by atoms with E-state index >= 15 is 0 Å². The van der Waals surface area contributed by atoms with Gasteiger partial charge in [0, 0.05) is 45.6 Å². The highest BCUT2D eigenvalue weighted by atomic mass is 16.2. The Morgan fingerprint density at radius 3 is 2.29 bits per heavy atom. The van der Waals surface area contributed by atoms with E-state index in [0.29, 0.717) is 18.3 Å². The number of nitrogens with one attached hydrogen (secondary N) is 1. The first kappa shape index (κ1) is 16.3. The summed E-state index contributed by atoms with van der Waals surface area (Å²) in [4.78, 5) is 27.9. The van der Waals surface area contributed by atoms with Gasteiger partial charge >= 0.3 is 0 Å². The number of rotatable bonds is 5. The van der Waals surface area contributed by atoms with E-state index in [9.17, 15) is 9.59 Å². The number of carbonyl (C=O) groups excluding carboxylic acids is 2. The minimum Gasteiger partial charge on any atom is -0.343 e. The Hall–Kier alpha value is -1.10. The zero-order valence-corrected chi connectivity index (χ0v) is 13.5. The first-order valence-electron chi connectivity index (χ1n) is 8.36. The average molecular weight is 295 g/mol. The van der Waals surface area contributed by atoms with E-state index in [1.54, 1.807) is 4.90 Å². The lowest BCUT2D eigenvalue weighted by Crippen LogP contribution is -2.44. The van der Waals surface area contributed by atoms with Crippen LogP contribution in [0.15, 0.2) is 0 Å². The van der Waals surface area contributed by atoms with E-state index in [2.05, 4.69) is 5.32 Å². The molecule has 2 heterocycles. The molecular formula is C16H29N3O2. The third-order valence-electron chi connectivity index (χ3n) is 5.18. The number of likely N-dealkylation sites (tertiary alicyclic amines) is 1. The topological polar surface area (TPSA) is 52.7 Å². The van der Waals surface area contributed by atoms with Crippen LogP contribution in [0.1, 0.15) is 46.0 Å². The smallest absolute Gasteiger partial charge is 0.223 e. The molecule has 120 valence electrons. The van der Waals surface area contributed by atoms with Crippen LogP contribution in [0, 0.1) is 5.41 Å². The van der Waals surface area contributed by atoms with Crippen LogP contribution < -0.4 is 5.32 Å². The Morgan fingerprint density at radius 2 is 1.76 bits per heavy atom. The van der Waals surface area contributed by atoms with Crippen LogP contribution in [0.3, 0.4) is 0 Å². The summed E-state index contributed by atoms with van der Waals surface area (Å²) in [5.41, 5.74) is 0.438. The maximum Gasteiger partial charge on any atom is 0.223 e. The maximum absolute atomic E-state index is 12.2. The van der Waals surface area contributed by atoms with Gasteiger partial charge in [-0.05, 0) is 45.1 Å². The Bertz CT molecular complexity index is 364. The summed E-state index contributed by atoms with van der Waals surface area (Å²) in [5.74, 6) is 0.248. The number of hydrogen-bond donors (Lipinski definition) is 1. The second kappa shape index (κ2) is 7.25. The molecule has 5 heteroatoms. The highest BCUT2D eigenvalue weighted by Gasteiger charge is 2.37. The van der Waals surface area contributed by atoms with E-state index in [1.165, 1.54) is 6.42 Å². The minimum absolute atomic E-state index is 0.0989. The molecule has 0 unspecified atom stereocenters. The zero-order valence-electron chi connectivity index (χ0n) is 13.5. The van der Waals surface area contributed by atoms with E-state index in [4.69, 9.17) is 0 Å². The molecule has 5 nitrogen and oxygen atoms in total. The van der Waals surface area contributed by atoms with Gasteiger partial charge in [-0.3, -0.25) is 9.59 Å². The van der Waals surface area contributed by atoms with Crippen LogP contribution in [-0.4, -0.2) is 60.9 Å². The predicted octanol–water partition coefficient (Wildman–Crippen LogP) is 1.24. The Labute approximate surface area is 128 Å². The average Bonchev–Trinajstić information content (AvgIpc) is 2.95. The van der Waals surface area contributed by atoms with Crippen LogP contribution in [0.25, 0.3) is 0 Å². The highest BCUT2D eigenvalue weighted by Crippen LogP contribution is 2.36. The van der Waals surface area contributed by atoms with Crippen molar-refractivity contribution in [2.45, 2.75) is 46.0 Å². The van der Waals surface area contributed by atoms with Gasteiger partial charge in [-0.15, -0.1) is 0 Å². The van der Waals surface area contributed by atoms with Gasteiger partial charge in [0.05, 0.1) is 0 Å². The Kier molecular flexibility index (Phi) is 5.62. The van der Waals surface area contributed by atoms with E-state index in [1.807, 2.05) is 18.7 Å². The molecule has 2 amide bonds. The van der Waals surface area contributed by atoms with Crippen LogP contribution in [0.5, 0.6) is 0 Å². The third-order valence-corrected chi connectivity index (χ3v) is 5.18. The van der Waals surface area contributed by atoms with Crippen molar-refractivity contribution in [3.63, 3.8) is 0 Å². The normalized spacial score (nSPS) is 20.8. The van der Waals surface area contributed by atoms with Gasteiger partial charge in [0.2, 0.25) is 11.8 Å². The van der Waals surface area contributed by atoms with Crippen molar-refractivity contribution in [2.24, 2.45) is 5.41 Å². The standard InChI is InChI=1S/C16H29N3O2/c1-3-18(4-2)14(20)5-6-15(21)19-11-8-16(9-12-19)7-10-17-13-16/h17H,3-13H2,1-2H3. The van der Waals surface area contributed by atoms with E-state index in [0.717, 1.165) is 52.1 Å². The zero-order chi connectivity index (χ0) is 15.3. The highest BCUT2D eigenvalue weighted by molar-refractivity contribution is 5.83. The molecule has 1 N–H and O–H groups in total. The number of nitrogens with zero attached hydrogens (tertiary/aromatic N) is 2. The first-order valence-corrected chi connectivity index (χ1v) is 8.36. The summed E-state index contributed by atoms with van der Waals surface area (Å²) >= 11 is 0. The molecule has 2 rings (SSSR count). The number of carbonyl (C=O) groups is 2. The van der Waals surface area contributed by atoms with Gasteiger partial charge in [0.15, 0.2) is 0 Å². The fourth-order valence-corrected chi connectivity index (χ4v) is 3.56. The Balaban J connectivity index is 1.73. The van der Waals surface area contributed by atoms with Crippen LogP contribution in [0.2, 0.25) is 0 Å². The van der Waals surface area contributed by atoms with Gasteiger partial charge in [0.25, 0.3) is 0 Å². The van der Waals surface area contributed by atoms with Crippen LogP contribution in [0.4, 0.5) is 0 Å². The molecule has 2 aliphatic heterocycles. The van der Waals surface area contributed by atoms with Crippen molar-refractivity contribution in [2.75, 3.05) is 39.3 Å². The van der Waals surface area contributed by atoms with E-state index in [-0.39, 0.29) is 11.8 Å². The van der Waals surface area contributed by atoms with Gasteiger partial charge in [-0.25, -0.2) is 0 Å². The van der Waals surface area contributed by atoms with Crippen molar-refractivity contribution >= 4 is 11.8 Å². The first-order chi connectivity index (χ1) is 10.1. The largest absolute Gasteiger partial charge is 0.343 e. The lowest BCUT2D eigenvalue weighted by Gasteiger charge is -2.39. The molecule has 2 fully saturated rings. The second-order valence-corrected chi connectivity index (χ2v) is 6.37. The molecule has 0 aromatic heterocycles. The van der Waals surface area contributed by atoms with Crippen LogP contribution in [-0.2, 0) is 9.59 Å². The Morgan fingerprint density at radius 1 is 1.10 bits per heavy atom. The van der Waals surface area contributed by atoms with Gasteiger partial charge in [-0.1, -0.05) is 0 Å². The SMILES string of the molecule is CCN(CC)C(=O)CCC(=O)N1CCC2(CCNC2)CC1. The fourth-order valence-electron chi connectivity index (χ4n) is 3.56. The third kappa shape index (κ3) is 3.96. The van der Waals surface area contributed by atoms with Gasteiger partial charge in [-0.2, -0.15) is 0 Å². The van der Waals surface area contributed by atoms with Crippen molar-refractivity contribution in [1.29, 1.82) is 0 Å². The molecule has 0 radical (unpaired) electrons. The lowest BCUT2D eigenvalue weighted by atomic mass is 9.78. The molecule has 0 aromatic carbocycles. The fraction of sp³-hybridized carbons (Fsp3) is 0.875. The predicted molar refractivity (Wildman–Crippen MR) is 82.9 cm³/mol. The molecule has 0 aliphatic carbocycles. The molecule has 2 saturated heterocycles. The van der Waals surface area contributed by atoms with Gasteiger partial charge < -0.3 is 15.1 Å². The van der Waals surface area contributed by atoms with Crippen molar-refractivity contribution in [3.8, 4) is 0 Å². The molecule has 0 atom stereocenters.